The van der Waals surface area contributed by atoms with Gasteiger partial charge in [0, 0.05) is 25.7 Å². The van der Waals surface area contributed by atoms with Crippen molar-refractivity contribution in [3.63, 3.8) is 0 Å². The number of nitrogens with one attached hydrogen (secondary N) is 1. The molecule has 1 aliphatic heterocycles. The lowest BCUT2D eigenvalue weighted by Gasteiger charge is -2.32. The summed E-state index contributed by atoms with van der Waals surface area (Å²) in [6.07, 6.45) is 6.86. The molecule has 17 heavy (non-hydrogen) atoms. The maximum absolute atomic E-state index is 6.14. The summed E-state index contributed by atoms with van der Waals surface area (Å²) in [5.74, 6) is 0. The van der Waals surface area contributed by atoms with Crippen molar-refractivity contribution in [3.05, 3.63) is 0 Å². The summed E-state index contributed by atoms with van der Waals surface area (Å²) in [6, 6.07) is 0.657. The number of halogens is 1. The first-order valence-corrected chi connectivity index (χ1v) is 6.66. The van der Waals surface area contributed by atoms with Crippen LogP contribution < -0.4 is 11.1 Å². The van der Waals surface area contributed by atoms with E-state index in [2.05, 4.69) is 10.2 Å². The van der Waals surface area contributed by atoms with E-state index in [0.29, 0.717) is 6.04 Å². The Morgan fingerprint density at radius 3 is 2.47 bits per heavy atom. The van der Waals surface area contributed by atoms with Gasteiger partial charge in [0.2, 0.25) is 0 Å². The molecule has 1 saturated heterocycles. The molecule has 1 unspecified atom stereocenters. The van der Waals surface area contributed by atoms with Crippen LogP contribution in [0.3, 0.4) is 0 Å². The molecule has 1 heterocycles. The summed E-state index contributed by atoms with van der Waals surface area (Å²) in [6.45, 7) is 4.73. The number of rotatable bonds is 4. The number of nitrogens with zero attached hydrogens (tertiary/aromatic N) is 1. The lowest BCUT2D eigenvalue weighted by Crippen LogP contribution is -2.53. The molecule has 1 atom stereocenters. The average molecular weight is 264 g/mol. The molecule has 102 valence electrons. The zero-order valence-electron chi connectivity index (χ0n) is 10.6. The van der Waals surface area contributed by atoms with E-state index in [9.17, 15) is 0 Å². The highest BCUT2D eigenvalue weighted by atomic mass is 35.5. The van der Waals surface area contributed by atoms with Gasteiger partial charge in [-0.2, -0.15) is 0 Å². The summed E-state index contributed by atoms with van der Waals surface area (Å²) in [5, 5.41) is 3.56. The largest absolute Gasteiger partial charge is 0.379 e. The fraction of sp³-hybridized carbons (Fsp3) is 1.00. The van der Waals surface area contributed by atoms with Crippen LogP contribution in [0, 0.1) is 0 Å². The highest BCUT2D eigenvalue weighted by Gasteiger charge is 2.18. The molecule has 0 aromatic rings. The maximum Gasteiger partial charge on any atom is 0.0679 e. The van der Waals surface area contributed by atoms with Crippen LogP contribution in [-0.2, 0) is 4.74 Å². The Morgan fingerprint density at radius 2 is 1.82 bits per heavy atom. The van der Waals surface area contributed by atoms with E-state index in [1.807, 2.05) is 0 Å². The first-order valence-electron chi connectivity index (χ1n) is 6.66. The van der Waals surface area contributed by atoms with E-state index < -0.39 is 0 Å². The van der Waals surface area contributed by atoms with Crippen molar-refractivity contribution < 1.29 is 4.74 Å². The minimum absolute atomic E-state index is 0. The van der Waals surface area contributed by atoms with E-state index in [1.54, 1.807) is 0 Å². The molecule has 0 radical (unpaired) electrons. The molecular weight excluding hydrogens is 238 g/mol. The van der Waals surface area contributed by atoms with Crippen LogP contribution >= 0.6 is 12.4 Å². The molecule has 1 aliphatic carbocycles. The summed E-state index contributed by atoms with van der Waals surface area (Å²) in [7, 11) is 0. The summed E-state index contributed by atoms with van der Waals surface area (Å²) in [5.41, 5.74) is 6.14. The number of morpholine rings is 1. The van der Waals surface area contributed by atoms with Gasteiger partial charge in [-0.15, -0.1) is 12.4 Å². The van der Waals surface area contributed by atoms with Gasteiger partial charge in [-0.1, -0.05) is 19.3 Å². The van der Waals surface area contributed by atoms with Gasteiger partial charge in [0.15, 0.2) is 0 Å². The van der Waals surface area contributed by atoms with Crippen LogP contribution in [0.25, 0.3) is 0 Å². The Balaban J connectivity index is 0.00000144. The Morgan fingerprint density at radius 1 is 1.18 bits per heavy atom. The monoisotopic (exact) mass is 263 g/mol. The quantitative estimate of drug-likeness (QED) is 0.742. The number of hydrogen-bond acceptors (Lipinski definition) is 4. The van der Waals surface area contributed by atoms with Crippen molar-refractivity contribution in [3.8, 4) is 0 Å². The van der Waals surface area contributed by atoms with Crippen LogP contribution in [0.4, 0.5) is 0 Å². The molecule has 0 amide bonds. The third-order valence-electron chi connectivity index (χ3n) is 3.61. The number of hydrogen-bond donors (Lipinski definition) is 2. The van der Waals surface area contributed by atoms with Gasteiger partial charge in [0.25, 0.3) is 0 Å². The van der Waals surface area contributed by atoms with E-state index in [4.69, 9.17) is 10.5 Å². The van der Waals surface area contributed by atoms with Gasteiger partial charge >= 0.3 is 0 Å². The van der Waals surface area contributed by atoms with Crippen LogP contribution in [0.2, 0.25) is 0 Å². The van der Waals surface area contributed by atoms with Crippen molar-refractivity contribution in [1.29, 1.82) is 0 Å². The first-order chi connectivity index (χ1) is 7.84. The van der Waals surface area contributed by atoms with Crippen molar-refractivity contribution in [2.75, 3.05) is 32.8 Å². The SMILES string of the molecule is Cl.NC(CN1CCOCC1)NC1CCCCC1. The van der Waals surface area contributed by atoms with Gasteiger partial charge < -0.3 is 10.5 Å². The summed E-state index contributed by atoms with van der Waals surface area (Å²) in [4.78, 5) is 2.39. The van der Waals surface area contributed by atoms with E-state index >= 15 is 0 Å². The fourth-order valence-electron chi connectivity index (χ4n) is 2.69. The highest BCUT2D eigenvalue weighted by molar-refractivity contribution is 5.85. The zero-order valence-corrected chi connectivity index (χ0v) is 11.4. The Kier molecular flexibility index (Phi) is 7.39. The molecule has 1 saturated carbocycles. The smallest absolute Gasteiger partial charge is 0.0679 e. The standard InChI is InChI=1S/C12H25N3O.ClH/c13-12(10-15-6-8-16-9-7-15)14-11-4-2-1-3-5-11;/h11-12,14H,1-10,13H2;1H. The molecule has 0 spiro atoms. The maximum atomic E-state index is 6.14. The van der Waals surface area contributed by atoms with Crippen LogP contribution in [-0.4, -0.2) is 50.0 Å². The average Bonchev–Trinajstić information content (AvgIpc) is 2.31. The number of nitrogens with two attached hydrogens (primary N) is 1. The van der Waals surface area contributed by atoms with Gasteiger partial charge in [-0.05, 0) is 12.8 Å². The van der Waals surface area contributed by atoms with Crippen molar-refractivity contribution in [1.82, 2.24) is 10.2 Å². The lowest BCUT2D eigenvalue weighted by atomic mass is 9.95. The molecule has 2 rings (SSSR count). The normalized spacial score (nSPS) is 25.2. The van der Waals surface area contributed by atoms with Gasteiger partial charge in [-0.3, -0.25) is 10.2 Å². The summed E-state index contributed by atoms with van der Waals surface area (Å²) < 4.78 is 5.33. The molecule has 2 fully saturated rings. The van der Waals surface area contributed by atoms with Crippen molar-refractivity contribution in [2.45, 2.75) is 44.3 Å². The molecule has 2 aliphatic rings. The molecule has 0 aromatic carbocycles. The Labute approximate surface area is 111 Å². The second-order valence-electron chi connectivity index (χ2n) is 5.02. The van der Waals surface area contributed by atoms with Crippen molar-refractivity contribution in [2.24, 2.45) is 5.73 Å². The third kappa shape index (κ3) is 5.53. The van der Waals surface area contributed by atoms with Crippen LogP contribution in [0.1, 0.15) is 32.1 Å². The third-order valence-corrected chi connectivity index (χ3v) is 3.61. The van der Waals surface area contributed by atoms with Gasteiger partial charge in [0.05, 0.1) is 19.4 Å². The molecular formula is C12H26ClN3O. The molecule has 4 nitrogen and oxygen atoms in total. The van der Waals surface area contributed by atoms with E-state index in [-0.39, 0.29) is 18.6 Å². The van der Waals surface area contributed by atoms with E-state index in [1.165, 1.54) is 32.1 Å². The van der Waals surface area contributed by atoms with E-state index in [0.717, 1.165) is 32.8 Å². The molecule has 0 aromatic heterocycles. The lowest BCUT2D eigenvalue weighted by molar-refractivity contribution is 0.0329. The Bertz CT molecular complexity index is 174. The Hall–Kier alpha value is 0.130. The topological polar surface area (TPSA) is 50.5 Å². The minimum atomic E-state index is 0. The number of ether oxygens (including phenoxy) is 1. The van der Waals surface area contributed by atoms with Crippen LogP contribution in [0.5, 0.6) is 0 Å². The van der Waals surface area contributed by atoms with Gasteiger partial charge in [-0.25, -0.2) is 0 Å². The zero-order chi connectivity index (χ0) is 11.2. The molecule has 5 heteroatoms. The second-order valence-corrected chi connectivity index (χ2v) is 5.02. The fourth-order valence-corrected chi connectivity index (χ4v) is 2.69. The minimum Gasteiger partial charge on any atom is -0.379 e. The van der Waals surface area contributed by atoms with Crippen LogP contribution in [0.15, 0.2) is 0 Å². The summed E-state index contributed by atoms with van der Waals surface area (Å²) >= 11 is 0. The predicted octanol–water partition coefficient (Wildman–Crippen LogP) is 0.947. The highest BCUT2D eigenvalue weighted by Crippen LogP contribution is 2.17. The van der Waals surface area contributed by atoms with Crippen molar-refractivity contribution >= 4 is 12.4 Å². The predicted molar refractivity (Wildman–Crippen MR) is 72.5 cm³/mol. The first kappa shape index (κ1) is 15.2. The molecule has 0 bridgehead atoms. The molecule has 3 N–H and O–H groups in total. The second kappa shape index (κ2) is 8.27. The van der Waals surface area contributed by atoms with Gasteiger partial charge in [0.1, 0.15) is 0 Å².